The zero-order valence-electron chi connectivity index (χ0n) is 10.9. The Balaban J connectivity index is 1.88. The number of likely N-dealkylation sites (tertiary alicyclic amines) is 1. The molecule has 0 saturated carbocycles. The summed E-state index contributed by atoms with van der Waals surface area (Å²) in [6.45, 7) is 5.94. The van der Waals surface area contributed by atoms with Crippen LogP contribution in [0.2, 0.25) is 0 Å². The van der Waals surface area contributed by atoms with Gasteiger partial charge in [0.05, 0.1) is 0 Å². The highest BCUT2D eigenvalue weighted by Crippen LogP contribution is 2.27. The molecule has 1 aliphatic rings. The maximum absolute atomic E-state index is 12.1. The number of halogens is 1. The second-order valence-electron chi connectivity index (χ2n) is 4.79. The van der Waals surface area contributed by atoms with E-state index < -0.39 is 10.0 Å². The SMILES string of the molecule is CCN1CCC(CNS(=O)(=O)c2sccc2Br)CC1. The summed E-state index contributed by atoms with van der Waals surface area (Å²) in [5, 5.41) is 1.78. The molecule has 7 heteroatoms. The standard InChI is InChI=1S/C12H19BrN2O2S2/c1-2-15-6-3-10(4-7-15)9-14-19(16,17)12-11(13)5-8-18-12/h5,8,10,14H,2-4,6-7,9H2,1H3. The first kappa shape index (κ1) is 15.4. The van der Waals surface area contributed by atoms with Crippen molar-refractivity contribution in [3.63, 3.8) is 0 Å². The topological polar surface area (TPSA) is 49.4 Å². The summed E-state index contributed by atoms with van der Waals surface area (Å²) in [6.07, 6.45) is 2.14. The van der Waals surface area contributed by atoms with Gasteiger partial charge in [0.25, 0.3) is 10.0 Å². The normalized spacial score (nSPS) is 18.8. The van der Waals surface area contributed by atoms with Crippen LogP contribution in [0, 0.1) is 5.92 Å². The third kappa shape index (κ3) is 4.01. The lowest BCUT2D eigenvalue weighted by Gasteiger charge is -2.30. The minimum Gasteiger partial charge on any atom is -0.304 e. The van der Waals surface area contributed by atoms with Crippen molar-refractivity contribution in [2.45, 2.75) is 24.0 Å². The van der Waals surface area contributed by atoms with Gasteiger partial charge in [-0.2, -0.15) is 0 Å². The van der Waals surface area contributed by atoms with Crippen LogP contribution >= 0.6 is 27.3 Å². The zero-order valence-corrected chi connectivity index (χ0v) is 14.2. The third-order valence-corrected chi connectivity index (χ3v) is 7.64. The van der Waals surface area contributed by atoms with E-state index in [2.05, 4.69) is 32.5 Å². The second kappa shape index (κ2) is 6.67. The van der Waals surface area contributed by atoms with Crippen LogP contribution in [0.3, 0.4) is 0 Å². The third-order valence-electron chi connectivity index (χ3n) is 3.54. The molecule has 0 amide bonds. The first-order valence-electron chi connectivity index (χ1n) is 6.48. The smallest absolute Gasteiger partial charge is 0.251 e. The maximum Gasteiger partial charge on any atom is 0.251 e. The van der Waals surface area contributed by atoms with E-state index in [0.29, 0.717) is 21.1 Å². The molecule has 1 saturated heterocycles. The Morgan fingerprint density at radius 1 is 1.47 bits per heavy atom. The van der Waals surface area contributed by atoms with Gasteiger partial charge >= 0.3 is 0 Å². The van der Waals surface area contributed by atoms with E-state index in [-0.39, 0.29) is 0 Å². The molecular weight excluding hydrogens is 348 g/mol. The van der Waals surface area contributed by atoms with E-state index in [0.717, 1.165) is 32.5 Å². The molecule has 1 N–H and O–H groups in total. The predicted molar refractivity (Wildman–Crippen MR) is 82.0 cm³/mol. The maximum atomic E-state index is 12.1. The fourth-order valence-corrected chi connectivity index (χ4v) is 5.77. The van der Waals surface area contributed by atoms with Crippen LogP contribution in [0.5, 0.6) is 0 Å². The Labute approximate surface area is 127 Å². The summed E-state index contributed by atoms with van der Waals surface area (Å²) in [5.74, 6) is 0.455. The van der Waals surface area contributed by atoms with Gasteiger partial charge in [-0.05, 0) is 65.8 Å². The molecule has 2 heterocycles. The molecule has 0 unspecified atom stereocenters. The van der Waals surface area contributed by atoms with Gasteiger partial charge in [-0.3, -0.25) is 0 Å². The molecule has 0 bridgehead atoms. The largest absolute Gasteiger partial charge is 0.304 e. The van der Waals surface area contributed by atoms with E-state index >= 15 is 0 Å². The molecule has 1 aromatic rings. The summed E-state index contributed by atoms with van der Waals surface area (Å²) >= 11 is 4.51. The molecule has 0 aromatic carbocycles. The highest BCUT2D eigenvalue weighted by molar-refractivity contribution is 9.10. The summed E-state index contributed by atoms with van der Waals surface area (Å²) < 4.78 is 28.0. The molecule has 2 rings (SSSR count). The number of hydrogen-bond donors (Lipinski definition) is 1. The molecule has 4 nitrogen and oxygen atoms in total. The van der Waals surface area contributed by atoms with Gasteiger partial charge in [0, 0.05) is 11.0 Å². The monoisotopic (exact) mass is 366 g/mol. The van der Waals surface area contributed by atoms with Crippen molar-refractivity contribution in [3.05, 3.63) is 15.9 Å². The lowest BCUT2D eigenvalue weighted by molar-refractivity contribution is 0.194. The Kier molecular flexibility index (Phi) is 5.42. The second-order valence-corrected chi connectivity index (χ2v) is 8.52. The Hall–Kier alpha value is 0.0500. The van der Waals surface area contributed by atoms with Crippen molar-refractivity contribution in [1.82, 2.24) is 9.62 Å². The number of nitrogens with zero attached hydrogens (tertiary/aromatic N) is 1. The molecule has 108 valence electrons. The summed E-state index contributed by atoms with van der Waals surface area (Å²) in [4.78, 5) is 2.40. The van der Waals surface area contributed by atoms with E-state index in [9.17, 15) is 8.42 Å². The molecule has 19 heavy (non-hydrogen) atoms. The van der Waals surface area contributed by atoms with Crippen LogP contribution in [0.25, 0.3) is 0 Å². The lowest BCUT2D eigenvalue weighted by Crippen LogP contribution is -2.38. The van der Waals surface area contributed by atoms with Crippen LogP contribution in [-0.2, 0) is 10.0 Å². The molecular formula is C12H19BrN2O2S2. The highest BCUT2D eigenvalue weighted by Gasteiger charge is 2.23. The van der Waals surface area contributed by atoms with Crippen molar-refractivity contribution in [3.8, 4) is 0 Å². The van der Waals surface area contributed by atoms with Crippen molar-refractivity contribution < 1.29 is 8.42 Å². The molecule has 0 aliphatic carbocycles. The van der Waals surface area contributed by atoms with E-state index in [1.165, 1.54) is 11.3 Å². The van der Waals surface area contributed by atoms with Gasteiger partial charge < -0.3 is 4.90 Å². The van der Waals surface area contributed by atoms with Crippen molar-refractivity contribution >= 4 is 37.3 Å². The minimum atomic E-state index is -3.36. The first-order valence-corrected chi connectivity index (χ1v) is 9.63. The van der Waals surface area contributed by atoms with Gasteiger partial charge in [-0.1, -0.05) is 6.92 Å². The molecule has 1 aromatic heterocycles. The average molecular weight is 367 g/mol. The summed E-state index contributed by atoms with van der Waals surface area (Å²) in [7, 11) is -3.36. The fraction of sp³-hybridized carbons (Fsp3) is 0.667. The highest BCUT2D eigenvalue weighted by atomic mass is 79.9. The molecule has 1 fully saturated rings. The molecule has 0 atom stereocenters. The number of hydrogen-bond acceptors (Lipinski definition) is 4. The number of nitrogens with one attached hydrogen (secondary N) is 1. The van der Waals surface area contributed by atoms with Crippen LogP contribution in [0.4, 0.5) is 0 Å². The first-order chi connectivity index (χ1) is 9.03. The van der Waals surface area contributed by atoms with Crippen molar-refractivity contribution in [1.29, 1.82) is 0 Å². The average Bonchev–Trinajstić information content (AvgIpc) is 2.84. The van der Waals surface area contributed by atoms with E-state index in [1.54, 1.807) is 11.4 Å². The summed E-state index contributed by atoms with van der Waals surface area (Å²) in [6, 6.07) is 1.76. The quantitative estimate of drug-likeness (QED) is 0.870. The van der Waals surface area contributed by atoms with Crippen LogP contribution < -0.4 is 4.72 Å². The predicted octanol–water partition coefficient (Wildman–Crippen LogP) is 2.52. The Morgan fingerprint density at radius 2 is 2.16 bits per heavy atom. The number of piperidine rings is 1. The van der Waals surface area contributed by atoms with Gasteiger partial charge in [-0.15, -0.1) is 11.3 Å². The minimum absolute atomic E-state index is 0.374. The Morgan fingerprint density at radius 3 is 2.68 bits per heavy atom. The van der Waals surface area contributed by atoms with Gasteiger partial charge in [0.15, 0.2) is 0 Å². The van der Waals surface area contributed by atoms with Crippen LogP contribution in [-0.4, -0.2) is 39.5 Å². The Bertz CT molecular complexity index is 508. The van der Waals surface area contributed by atoms with Crippen molar-refractivity contribution in [2.24, 2.45) is 5.92 Å². The number of rotatable bonds is 5. The number of sulfonamides is 1. The zero-order chi connectivity index (χ0) is 13.9. The molecule has 0 spiro atoms. The van der Waals surface area contributed by atoms with Gasteiger partial charge in [0.2, 0.25) is 0 Å². The lowest BCUT2D eigenvalue weighted by atomic mass is 9.97. The van der Waals surface area contributed by atoms with E-state index in [4.69, 9.17) is 0 Å². The van der Waals surface area contributed by atoms with Crippen molar-refractivity contribution in [2.75, 3.05) is 26.2 Å². The molecule has 1 aliphatic heterocycles. The fourth-order valence-electron chi connectivity index (χ4n) is 2.27. The molecule has 0 radical (unpaired) electrons. The van der Waals surface area contributed by atoms with Crippen LogP contribution in [0.15, 0.2) is 20.1 Å². The number of thiophene rings is 1. The van der Waals surface area contributed by atoms with Crippen LogP contribution in [0.1, 0.15) is 19.8 Å². The van der Waals surface area contributed by atoms with E-state index in [1.807, 2.05) is 0 Å². The van der Waals surface area contributed by atoms with Gasteiger partial charge in [0.1, 0.15) is 4.21 Å². The van der Waals surface area contributed by atoms with Gasteiger partial charge in [-0.25, -0.2) is 13.1 Å². The summed E-state index contributed by atoms with van der Waals surface area (Å²) in [5.41, 5.74) is 0.